The van der Waals surface area contributed by atoms with Crippen molar-refractivity contribution in [2.24, 2.45) is 11.3 Å². The van der Waals surface area contributed by atoms with Gasteiger partial charge in [-0.1, -0.05) is 13.3 Å². The molecule has 0 aromatic rings. The van der Waals surface area contributed by atoms with Crippen LogP contribution in [0.25, 0.3) is 0 Å². The topological polar surface area (TPSA) is 82.4 Å². The summed E-state index contributed by atoms with van der Waals surface area (Å²) >= 11 is 0. The molecule has 0 radical (unpaired) electrons. The van der Waals surface area contributed by atoms with Gasteiger partial charge in [-0.25, -0.2) is 4.72 Å². The fourth-order valence-corrected chi connectivity index (χ4v) is 5.21. The Morgan fingerprint density at radius 3 is 2.50 bits per heavy atom. The minimum atomic E-state index is -3.51. The molecule has 0 saturated heterocycles. The summed E-state index contributed by atoms with van der Waals surface area (Å²) in [4.78, 5) is 0. The molecule has 0 amide bonds. The third kappa shape index (κ3) is 4.10. The second kappa shape index (κ2) is 7.28. The van der Waals surface area contributed by atoms with Crippen LogP contribution in [-0.4, -0.2) is 44.1 Å². The Hall–Kier alpha value is -0.680. The predicted octanol–water partition coefficient (Wildman–Crippen LogP) is 2.43. The Labute approximate surface area is 146 Å². The molecule has 0 aliphatic heterocycles. The molecule has 0 aromatic heterocycles. The van der Waals surface area contributed by atoms with Gasteiger partial charge in [0.15, 0.2) is 0 Å². The van der Waals surface area contributed by atoms with Crippen LogP contribution in [-0.2, 0) is 14.9 Å². The summed E-state index contributed by atoms with van der Waals surface area (Å²) in [5, 5.41) is 8.67. The molecule has 2 saturated carbocycles. The highest BCUT2D eigenvalue weighted by Crippen LogP contribution is 2.61. The van der Waals surface area contributed by atoms with Gasteiger partial charge in [0.2, 0.25) is 0 Å². The summed E-state index contributed by atoms with van der Waals surface area (Å²) < 4.78 is 35.1. The minimum absolute atomic E-state index is 0.159. The second-order valence-corrected chi connectivity index (χ2v) is 9.75. The molecule has 24 heavy (non-hydrogen) atoms. The van der Waals surface area contributed by atoms with Gasteiger partial charge in [-0.15, -0.1) is 0 Å². The van der Waals surface area contributed by atoms with Gasteiger partial charge in [-0.3, -0.25) is 0 Å². The zero-order valence-electron chi connectivity index (χ0n) is 15.3. The maximum atomic E-state index is 12.4. The van der Waals surface area contributed by atoms with E-state index in [1.54, 1.807) is 6.92 Å². The first kappa shape index (κ1) is 19.6. The van der Waals surface area contributed by atoms with E-state index < -0.39 is 10.2 Å². The first-order valence-electron chi connectivity index (χ1n) is 8.94. The molecule has 2 rings (SSSR count). The molecule has 0 bridgehead atoms. The predicted molar refractivity (Wildman–Crippen MR) is 93.4 cm³/mol. The Kier molecular flexibility index (Phi) is 5.96. The minimum Gasteiger partial charge on any atom is -0.372 e. The highest BCUT2D eigenvalue weighted by atomic mass is 32.2. The van der Waals surface area contributed by atoms with Crippen molar-refractivity contribution in [2.75, 3.05) is 19.6 Å². The normalized spacial score (nSPS) is 26.0. The largest absolute Gasteiger partial charge is 0.372 e. The summed E-state index contributed by atoms with van der Waals surface area (Å²) in [6.07, 6.45) is 4.85. The molecule has 0 heterocycles. The van der Waals surface area contributed by atoms with Crippen molar-refractivity contribution in [3.8, 4) is 6.07 Å². The van der Waals surface area contributed by atoms with Gasteiger partial charge in [-0.05, 0) is 46.0 Å². The van der Waals surface area contributed by atoms with Crippen LogP contribution in [0.2, 0.25) is 0 Å². The van der Waals surface area contributed by atoms with E-state index in [1.807, 2.05) is 6.07 Å². The molecule has 0 aromatic carbocycles. The highest BCUT2D eigenvalue weighted by molar-refractivity contribution is 7.87. The fourth-order valence-electron chi connectivity index (χ4n) is 3.94. The van der Waals surface area contributed by atoms with E-state index >= 15 is 0 Å². The number of ether oxygens (including phenoxy) is 1. The van der Waals surface area contributed by atoms with E-state index in [1.165, 1.54) is 10.7 Å². The molecular formula is C17H31N3O3S. The number of nitriles is 1. The molecule has 1 spiro atoms. The molecule has 7 heteroatoms. The van der Waals surface area contributed by atoms with Crippen LogP contribution in [0, 0.1) is 22.7 Å². The van der Waals surface area contributed by atoms with Gasteiger partial charge in [0, 0.05) is 31.5 Å². The molecule has 138 valence electrons. The molecular weight excluding hydrogens is 326 g/mol. The Bertz CT molecular complexity index is 573. The van der Waals surface area contributed by atoms with Gasteiger partial charge in [0.05, 0.1) is 17.8 Å². The lowest BCUT2D eigenvalue weighted by Crippen LogP contribution is -2.62. The van der Waals surface area contributed by atoms with Gasteiger partial charge < -0.3 is 4.74 Å². The molecule has 2 atom stereocenters. The van der Waals surface area contributed by atoms with E-state index in [9.17, 15) is 8.42 Å². The van der Waals surface area contributed by atoms with Crippen LogP contribution in [0.4, 0.5) is 0 Å². The van der Waals surface area contributed by atoms with E-state index in [0.717, 1.165) is 19.3 Å². The summed E-state index contributed by atoms with van der Waals surface area (Å²) in [5.41, 5.74) is 0.00747. The maximum absolute atomic E-state index is 12.4. The van der Waals surface area contributed by atoms with Crippen LogP contribution < -0.4 is 4.72 Å². The van der Waals surface area contributed by atoms with Crippen LogP contribution in [0.3, 0.4) is 0 Å². The molecule has 2 fully saturated rings. The number of nitrogens with one attached hydrogen (secondary N) is 1. The molecule has 1 N–H and O–H groups in total. The van der Waals surface area contributed by atoms with Crippen molar-refractivity contribution in [1.82, 2.24) is 9.03 Å². The second-order valence-electron chi connectivity index (χ2n) is 7.99. The van der Waals surface area contributed by atoms with Crippen molar-refractivity contribution in [3.63, 3.8) is 0 Å². The third-order valence-electron chi connectivity index (χ3n) is 5.41. The lowest BCUT2D eigenvalue weighted by atomic mass is 9.48. The van der Waals surface area contributed by atoms with Gasteiger partial charge >= 0.3 is 0 Å². The van der Waals surface area contributed by atoms with E-state index in [4.69, 9.17) is 10.00 Å². The smallest absolute Gasteiger partial charge is 0.279 e. The molecule has 6 nitrogen and oxygen atoms in total. The standard InChI is InChI=1S/C17H31N3O3S/c1-5-20(11-7-10-18)24(21,22)19-13-14-12-15(23-16(2,3)4)17(14)8-6-9-17/h14-15,19H,5-9,11-13H2,1-4H3/t14-,15-/m0/s1. The van der Waals surface area contributed by atoms with Crippen molar-refractivity contribution in [3.05, 3.63) is 0 Å². The van der Waals surface area contributed by atoms with Crippen molar-refractivity contribution < 1.29 is 13.2 Å². The molecule has 2 aliphatic carbocycles. The summed E-state index contributed by atoms with van der Waals surface area (Å²) in [5.74, 6) is 0.350. The van der Waals surface area contributed by atoms with Crippen molar-refractivity contribution in [2.45, 2.75) is 71.5 Å². The quantitative estimate of drug-likeness (QED) is 0.723. The van der Waals surface area contributed by atoms with E-state index in [0.29, 0.717) is 19.0 Å². The Morgan fingerprint density at radius 1 is 1.38 bits per heavy atom. The summed E-state index contributed by atoms with van der Waals surface area (Å²) in [6, 6.07) is 2.00. The third-order valence-corrected chi connectivity index (χ3v) is 7.06. The zero-order chi connectivity index (χ0) is 18.0. The SMILES string of the molecule is CCN(CCC#N)S(=O)(=O)NC[C@@H]1C[C@H](OC(C)(C)C)C12CCC2. The number of nitrogens with zero attached hydrogens (tertiary/aromatic N) is 2. The average Bonchev–Trinajstić information content (AvgIpc) is 2.39. The highest BCUT2D eigenvalue weighted by Gasteiger charge is 2.59. The average molecular weight is 358 g/mol. The van der Waals surface area contributed by atoms with Crippen LogP contribution in [0.1, 0.15) is 59.8 Å². The van der Waals surface area contributed by atoms with E-state index in [-0.39, 0.29) is 30.1 Å². The molecule has 0 unspecified atom stereocenters. The van der Waals surface area contributed by atoms with Crippen LogP contribution in [0.5, 0.6) is 0 Å². The van der Waals surface area contributed by atoms with Crippen molar-refractivity contribution in [1.29, 1.82) is 5.26 Å². The molecule has 2 aliphatic rings. The van der Waals surface area contributed by atoms with Gasteiger partial charge in [-0.2, -0.15) is 18.0 Å². The maximum Gasteiger partial charge on any atom is 0.279 e. The van der Waals surface area contributed by atoms with Crippen molar-refractivity contribution >= 4 is 10.2 Å². The number of hydrogen-bond acceptors (Lipinski definition) is 4. The number of hydrogen-bond donors (Lipinski definition) is 1. The van der Waals surface area contributed by atoms with Crippen LogP contribution >= 0.6 is 0 Å². The first-order chi connectivity index (χ1) is 11.1. The number of rotatable bonds is 8. The van der Waals surface area contributed by atoms with E-state index in [2.05, 4.69) is 25.5 Å². The summed E-state index contributed by atoms with van der Waals surface area (Å²) in [7, 11) is -3.51. The fraction of sp³-hybridized carbons (Fsp3) is 0.941. The van der Waals surface area contributed by atoms with Gasteiger partial charge in [0.1, 0.15) is 0 Å². The first-order valence-corrected chi connectivity index (χ1v) is 10.4. The Balaban J connectivity index is 1.92. The lowest BCUT2D eigenvalue weighted by molar-refractivity contribution is -0.230. The zero-order valence-corrected chi connectivity index (χ0v) is 16.2. The Morgan fingerprint density at radius 2 is 2.04 bits per heavy atom. The monoisotopic (exact) mass is 357 g/mol. The van der Waals surface area contributed by atoms with Crippen LogP contribution in [0.15, 0.2) is 0 Å². The lowest BCUT2D eigenvalue weighted by Gasteiger charge is -2.62. The van der Waals surface area contributed by atoms with Gasteiger partial charge in [0.25, 0.3) is 10.2 Å². The summed E-state index contributed by atoms with van der Waals surface area (Å²) in [6.45, 7) is 9.10.